The van der Waals surface area contributed by atoms with Crippen molar-refractivity contribution in [2.75, 3.05) is 0 Å². The number of hydrogen-bond donors (Lipinski definition) is 0. The standard InChI is InChI=1S/C23H23N3O2/c27-23(17-5-7-18(8-6-17)25-12-1-2-13-25)26-19-9-10-20(26)15-22(14-19)28-21-4-3-11-24-16-21/h1-8,11-13,16,19-20,22H,9-10,14-15H2. The van der Waals surface area contributed by atoms with Crippen LogP contribution < -0.4 is 4.74 Å². The number of fused-ring (bicyclic) bond motifs is 2. The van der Waals surface area contributed by atoms with Crippen molar-refractivity contribution in [3.8, 4) is 11.4 Å². The normalized spacial score (nSPS) is 23.6. The van der Waals surface area contributed by atoms with Crippen LogP contribution in [-0.2, 0) is 0 Å². The van der Waals surface area contributed by atoms with Gasteiger partial charge in [0.1, 0.15) is 11.9 Å². The van der Waals surface area contributed by atoms with E-state index in [4.69, 9.17) is 4.74 Å². The molecule has 0 spiro atoms. The summed E-state index contributed by atoms with van der Waals surface area (Å²) in [6, 6.07) is 16.2. The van der Waals surface area contributed by atoms with Crippen LogP contribution >= 0.6 is 0 Å². The van der Waals surface area contributed by atoms with E-state index in [0.717, 1.165) is 42.7 Å². The van der Waals surface area contributed by atoms with Gasteiger partial charge in [0.25, 0.3) is 5.91 Å². The van der Waals surface area contributed by atoms with Crippen molar-refractivity contribution < 1.29 is 9.53 Å². The Kier molecular flexibility index (Phi) is 4.35. The van der Waals surface area contributed by atoms with Crippen LogP contribution in [0.15, 0.2) is 73.3 Å². The van der Waals surface area contributed by atoms with Gasteiger partial charge in [-0.25, -0.2) is 0 Å². The zero-order valence-corrected chi connectivity index (χ0v) is 15.6. The van der Waals surface area contributed by atoms with E-state index in [9.17, 15) is 4.79 Å². The highest BCUT2D eigenvalue weighted by molar-refractivity contribution is 5.95. The van der Waals surface area contributed by atoms with Crippen molar-refractivity contribution in [3.63, 3.8) is 0 Å². The zero-order chi connectivity index (χ0) is 18.9. The molecule has 1 amide bonds. The second-order valence-corrected chi connectivity index (χ2v) is 7.63. The van der Waals surface area contributed by atoms with E-state index in [1.165, 1.54) is 0 Å². The van der Waals surface area contributed by atoms with Gasteiger partial charge in [-0.15, -0.1) is 0 Å². The van der Waals surface area contributed by atoms with Gasteiger partial charge in [0.15, 0.2) is 0 Å². The molecule has 2 fully saturated rings. The van der Waals surface area contributed by atoms with Crippen LogP contribution in [0.4, 0.5) is 0 Å². The number of carbonyl (C=O) groups is 1. The molecule has 5 nitrogen and oxygen atoms in total. The van der Waals surface area contributed by atoms with E-state index >= 15 is 0 Å². The zero-order valence-electron chi connectivity index (χ0n) is 15.6. The van der Waals surface area contributed by atoms with Crippen molar-refractivity contribution in [1.82, 2.24) is 14.5 Å². The number of piperidine rings is 1. The number of pyridine rings is 1. The molecule has 3 aromatic rings. The highest BCUT2D eigenvalue weighted by atomic mass is 16.5. The minimum atomic E-state index is 0.145. The second kappa shape index (κ2) is 7.15. The van der Waals surface area contributed by atoms with Crippen LogP contribution in [0.25, 0.3) is 5.69 Å². The van der Waals surface area contributed by atoms with E-state index < -0.39 is 0 Å². The molecule has 28 heavy (non-hydrogen) atoms. The monoisotopic (exact) mass is 373 g/mol. The predicted molar refractivity (Wildman–Crippen MR) is 107 cm³/mol. The molecule has 5 heteroatoms. The summed E-state index contributed by atoms with van der Waals surface area (Å²) < 4.78 is 8.16. The van der Waals surface area contributed by atoms with Crippen LogP contribution in [0.2, 0.25) is 0 Å². The lowest BCUT2D eigenvalue weighted by atomic mass is 9.98. The summed E-state index contributed by atoms with van der Waals surface area (Å²) in [6.07, 6.45) is 11.6. The lowest BCUT2D eigenvalue weighted by Gasteiger charge is -2.39. The molecule has 2 atom stereocenters. The highest BCUT2D eigenvalue weighted by Gasteiger charge is 2.44. The molecule has 2 aliphatic rings. The van der Waals surface area contributed by atoms with Crippen molar-refractivity contribution in [2.45, 2.75) is 43.9 Å². The topological polar surface area (TPSA) is 47.4 Å². The molecule has 0 N–H and O–H groups in total. The molecule has 2 aromatic heterocycles. The molecule has 142 valence electrons. The summed E-state index contributed by atoms with van der Waals surface area (Å²) in [7, 11) is 0. The van der Waals surface area contributed by atoms with Gasteiger partial charge in [0.2, 0.25) is 0 Å². The van der Waals surface area contributed by atoms with Gasteiger partial charge in [0.05, 0.1) is 6.20 Å². The average molecular weight is 373 g/mol. The van der Waals surface area contributed by atoms with E-state index in [1.54, 1.807) is 12.4 Å². The summed E-state index contributed by atoms with van der Waals surface area (Å²) in [5, 5.41) is 0. The third kappa shape index (κ3) is 3.17. The minimum absolute atomic E-state index is 0.145. The van der Waals surface area contributed by atoms with Gasteiger partial charge in [0, 0.05) is 54.8 Å². The van der Waals surface area contributed by atoms with E-state index in [1.807, 2.05) is 65.5 Å². The first-order valence-corrected chi connectivity index (χ1v) is 9.91. The largest absolute Gasteiger partial charge is 0.489 e. The summed E-state index contributed by atoms with van der Waals surface area (Å²) in [5.41, 5.74) is 1.83. The smallest absolute Gasteiger partial charge is 0.254 e. The van der Waals surface area contributed by atoms with Gasteiger partial charge in [-0.1, -0.05) is 0 Å². The molecule has 0 radical (unpaired) electrons. The molecule has 2 unspecified atom stereocenters. The summed E-state index contributed by atoms with van der Waals surface area (Å²) in [6.45, 7) is 0. The Morgan fingerprint density at radius 2 is 1.68 bits per heavy atom. The molecule has 2 aliphatic heterocycles. The Labute approximate surface area is 164 Å². The molecular weight excluding hydrogens is 350 g/mol. The average Bonchev–Trinajstić information content (AvgIpc) is 3.35. The van der Waals surface area contributed by atoms with Gasteiger partial charge in [-0.05, 0) is 61.4 Å². The lowest BCUT2D eigenvalue weighted by molar-refractivity contribution is 0.0358. The SMILES string of the molecule is O=C(c1ccc(-n2cccc2)cc1)N1C2CCC1CC(Oc1cccnc1)C2. The van der Waals surface area contributed by atoms with Gasteiger partial charge in [-0.3, -0.25) is 9.78 Å². The van der Waals surface area contributed by atoms with Crippen molar-refractivity contribution >= 4 is 5.91 Å². The van der Waals surface area contributed by atoms with Crippen LogP contribution in [0.3, 0.4) is 0 Å². The van der Waals surface area contributed by atoms with Crippen LogP contribution in [0, 0.1) is 0 Å². The summed E-state index contributed by atoms with van der Waals surface area (Å²) in [4.78, 5) is 19.4. The Balaban J connectivity index is 1.29. The van der Waals surface area contributed by atoms with E-state index in [-0.39, 0.29) is 24.1 Å². The van der Waals surface area contributed by atoms with E-state index in [2.05, 4.69) is 9.88 Å². The Morgan fingerprint density at radius 3 is 2.32 bits per heavy atom. The number of carbonyl (C=O) groups excluding carboxylic acids is 1. The first kappa shape index (κ1) is 17.0. The highest BCUT2D eigenvalue weighted by Crippen LogP contribution is 2.38. The number of hydrogen-bond acceptors (Lipinski definition) is 3. The van der Waals surface area contributed by atoms with Gasteiger partial charge in [-0.2, -0.15) is 0 Å². The molecule has 0 saturated carbocycles. The Bertz CT molecular complexity index is 924. The van der Waals surface area contributed by atoms with Gasteiger partial charge < -0.3 is 14.2 Å². The number of benzene rings is 1. The number of aromatic nitrogens is 2. The third-order valence-electron chi connectivity index (χ3n) is 5.88. The third-order valence-corrected chi connectivity index (χ3v) is 5.88. The fourth-order valence-corrected chi connectivity index (χ4v) is 4.60. The summed E-state index contributed by atoms with van der Waals surface area (Å²) in [5.74, 6) is 0.957. The molecule has 2 bridgehead atoms. The Hall–Kier alpha value is -3.08. The number of amides is 1. The lowest BCUT2D eigenvalue weighted by Crippen LogP contribution is -2.49. The van der Waals surface area contributed by atoms with Crippen LogP contribution in [-0.4, -0.2) is 38.5 Å². The van der Waals surface area contributed by atoms with Crippen molar-refractivity contribution in [2.24, 2.45) is 0 Å². The second-order valence-electron chi connectivity index (χ2n) is 7.63. The van der Waals surface area contributed by atoms with Crippen LogP contribution in [0.1, 0.15) is 36.0 Å². The number of rotatable bonds is 4. The van der Waals surface area contributed by atoms with Crippen LogP contribution in [0.5, 0.6) is 5.75 Å². The first-order chi connectivity index (χ1) is 13.8. The fourth-order valence-electron chi connectivity index (χ4n) is 4.60. The quantitative estimate of drug-likeness (QED) is 0.692. The first-order valence-electron chi connectivity index (χ1n) is 9.91. The molecule has 4 heterocycles. The maximum absolute atomic E-state index is 13.2. The minimum Gasteiger partial charge on any atom is -0.489 e. The summed E-state index contributed by atoms with van der Waals surface area (Å²) >= 11 is 0. The molecular formula is C23H23N3O2. The van der Waals surface area contributed by atoms with Gasteiger partial charge >= 0.3 is 0 Å². The number of nitrogens with zero attached hydrogens (tertiary/aromatic N) is 3. The van der Waals surface area contributed by atoms with E-state index in [0.29, 0.717) is 0 Å². The molecule has 0 aliphatic carbocycles. The fraction of sp³-hybridized carbons (Fsp3) is 0.304. The maximum Gasteiger partial charge on any atom is 0.254 e. The maximum atomic E-state index is 13.2. The van der Waals surface area contributed by atoms with Crippen molar-refractivity contribution in [3.05, 3.63) is 78.9 Å². The predicted octanol–water partition coefficient (Wildman–Crippen LogP) is 4.09. The Morgan fingerprint density at radius 1 is 0.964 bits per heavy atom. The molecule has 1 aromatic carbocycles. The number of ether oxygens (including phenoxy) is 1. The molecule has 5 rings (SSSR count). The van der Waals surface area contributed by atoms with Crippen molar-refractivity contribution in [1.29, 1.82) is 0 Å². The molecule has 2 saturated heterocycles.